The number of nitrogens with one attached hydrogen (secondary N) is 1. The molecule has 0 fully saturated rings. The third-order valence-electron chi connectivity index (χ3n) is 5.47. The SMILES string of the molecule is CCc1ccc2c(c1)C(=c1sc3n(c1=O)CN(c1cccc(C(=O)O)c1)CN=3)C(=O)N2. The van der Waals surface area contributed by atoms with Gasteiger partial charge < -0.3 is 15.3 Å². The third-order valence-corrected chi connectivity index (χ3v) is 6.59. The van der Waals surface area contributed by atoms with Gasteiger partial charge in [0.05, 0.1) is 11.1 Å². The van der Waals surface area contributed by atoms with E-state index in [4.69, 9.17) is 0 Å². The van der Waals surface area contributed by atoms with Gasteiger partial charge in [-0.2, -0.15) is 0 Å². The Morgan fingerprint density at radius 1 is 1.23 bits per heavy atom. The Balaban J connectivity index is 1.61. The number of thiazole rings is 1. The first-order valence-electron chi connectivity index (χ1n) is 9.77. The highest BCUT2D eigenvalue weighted by Gasteiger charge is 2.28. The summed E-state index contributed by atoms with van der Waals surface area (Å²) < 4.78 is 1.89. The Morgan fingerprint density at radius 2 is 2.06 bits per heavy atom. The van der Waals surface area contributed by atoms with Gasteiger partial charge in [-0.15, -0.1) is 0 Å². The highest BCUT2D eigenvalue weighted by Crippen LogP contribution is 2.31. The molecule has 9 heteroatoms. The summed E-state index contributed by atoms with van der Waals surface area (Å²) in [6.45, 7) is 2.56. The second kappa shape index (κ2) is 7.21. The van der Waals surface area contributed by atoms with E-state index in [1.807, 2.05) is 30.0 Å². The van der Waals surface area contributed by atoms with Crippen LogP contribution in [0.2, 0.25) is 0 Å². The van der Waals surface area contributed by atoms with Crippen molar-refractivity contribution in [1.29, 1.82) is 0 Å². The molecule has 0 unspecified atom stereocenters. The monoisotopic (exact) mass is 434 g/mol. The number of carbonyl (C=O) groups excluding carboxylic acids is 1. The molecule has 31 heavy (non-hydrogen) atoms. The lowest BCUT2D eigenvalue weighted by atomic mass is 10.0. The van der Waals surface area contributed by atoms with Crippen LogP contribution < -0.4 is 25.1 Å². The number of benzene rings is 2. The summed E-state index contributed by atoms with van der Waals surface area (Å²) in [6, 6.07) is 12.3. The molecular formula is C22H18N4O4S. The Bertz CT molecular complexity index is 1440. The van der Waals surface area contributed by atoms with Gasteiger partial charge in [0.25, 0.3) is 11.5 Å². The van der Waals surface area contributed by atoms with Crippen LogP contribution in [0.4, 0.5) is 11.4 Å². The number of rotatable bonds is 3. The maximum absolute atomic E-state index is 13.3. The predicted octanol–water partition coefficient (Wildman–Crippen LogP) is 1.38. The van der Waals surface area contributed by atoms with Crippen molar-refractivity contribution in [2.75, 3.05) is 16.9 Å². The lowest BCUT2D eigenvalue weighted by Gasteiger charge is -2.25. The topological polar surface area (TPSA) is 104 Å². The van der Waals surface area contributed by atoms with Crippen LogP contribution in [0.5, 0.6) is 0 Å². The summed E-state index contributed by atoms with van der Waals surface area (Å²) in [5.74, 6) is -1.30. The molecular weight excluding hydrogens is 416 g/mol. The van der Waals surface area contributed by atoms with Crippen LogP contribution in [0, 0.1) is 0 Å². The third kappa shape index (κ3) is 3.14. The average Bonchev–Trinajstić information content (AvgIpc) is 3.28. The van der Waals surface area contributed by atoms with Crippen molar-refractivity contribution in [3.05, 3.63) is 78.8 Å². The van der Waals surface area contributed by atoms with Gasteiger partial charge in [0, 0.05) is 16.9 Å². The quantitative estimate of drug-likeness (QED) is 0.648. The smallest absolute Gasteiger partial charge is 0.335 e. The number of hydrogen-bond donors (Lipinski definition) is 2. The van der Waals surface area contributed by atoms with Crippen molar-refractivity contribution >= 4 is 40.2 Å². The number of nitrogens with zero attached hydrogens (tertiary/aromatic N) is 3. The lowest BCUT2D eigenvalue weighted by Crippen LogP contribution is -2.43. The van der Waals surface area contributed by atoms with Crippen LogP contribution in [0.15, 0.2) is 52.3 Å². The van der Waals surface area contributed by atoms with E-state index in [2.05, 4.69) is 10.3 Å². The van der Waals surface area contributed by atoms with Gasteiger partial charge in [-0.05, 0) is 42.3 Å². The summed E-state index contributed by atoms with van der Waals surface area (Å²) in [5.41, 5.74) is 3.48. The minimum Gasteiger partial charge on any atom is -0.478 e. The molecule has 1 amide bonds. The van der Waals surface area contributed by atoms with Crippen molar-refractivity contribution in [2.24, 2.45) is 4.99 Å². The first-order chi connectivity index (χ1) is 15.0. The van der Waals surface area contributed by atoms with Crippen LogP contribution >= 0.6 is 11.3 Å². The van der Waals surface area contributed by atoms with E-state index in [-0.39, 0.29) is 23.7 Å². The van der Waals surface area contributed by atoms with Gasteiger partial charge in [0.15, 0.2) is 4.80 Å². The van der Waals surface area contributed by atoms with Crippen LogP contribution in [-0.2, 0) is 17.9 Å². The van der Waals surface area contributed by atoms with Gasteiger partial charge in [0.1, 0.15) is 17.9 Å². The van der Waals surface area contributed by atoms with E-state index < -0.39 is 5.97 Å². The van der Waals surface area contributed by atoms with E-state index in [0.29, 0.717) is 33.0 Å². The highest BCUT2D eigenvalue weighted by molar-refractivity contribution is 7.07. The molecule has 0 saturated carbocycles. The number of aromatic nitrogens is 1. The largest absolute Gasteiger partial charge is 0.478 e. The molecule has 3 aromatic rings. The molecule has 156 valence electrons. The molecule has 8 nitrogen and oxygen atoms in total. The number of fused-ring (bicyclic) bond motifs is 2. The normalized spacial score (nSPS) is 16.4. The minimum absolute atomic E-state index is 0.170. The summed E-state index contributed by atoms with van der Waals surface area (Å²) in [5, 5.41) is 12.1. The standard InChI is InChI=1S/C22H18N4O4S/c1-2-12-6-7-16-15(8-12)17(19(27)24-16)18-20(28)26-11-25(10-23-22(26)31-18)14-5-3-4-13(9-14)21(29)30/h3-9H,2,10-11H2,1H3,(H,24,27)(H,29,30). The summed E-state index contributed by atoms with van der Waals surface area (Å²) in [6.07, 6.45) is 0.828. The molecule has 0 saturated heterocycles. The van der Waals surface area contributed by atoms with Crippen molar-refractivity contribution in [2.45, 2.75) is 20.0 Å². The van der Waals surface area contributed by atoms with E-state index in [9.17, 15) is 19.5 Å². The van der Waals surface area contributed by atoms with E-state index >= 15 is 0 Å². The molecule has 0 atom stereocenters. The van der Waals surface area contributed by atoms with E-state index in [1.165, 1.54) is 22.0 Å². The fraction of sp³-hybridized carbons (Fsp3) is 0.182. The number of aryl methyl sites for hydroxylation is 1. The maximum Gasteiger partial charge on any atom is 0.335 e. The van der Waals surface area contributed by atoms with Gasteiger partial charge >= 0.3 is 5.97 Å². The average molecular weight is 434 g/mol. The Labute approximate surface area is 180 Å². The van der Waals surface area contributed by atoms with Crippen molar-refractivity contribution in [1.82, 2.24) is 4.57 Å². The second-order valence-corrected chi connectivity index (χ2v) is 8.32. The fourth-order valence-corrected chi connectivity index (χ4v) is 4.88. The summed E-state index contributed by atoms with van der Waals surface area (Å²) in [4.78, 5) is 44.1. The number of aromatic carboxylic acids is 1. The van der Waals surface area contributed by atoms with Gasteiger partial charge in [-0.25, -0.2) is 9.79 Å². The van der Waals surface area contributed by atoms with Crippen LogP contribution in [0.1, 0.15) is 28.4 Å². The highest BCUT2D eigenvalue weighted by atomic mass is 32.1. The number of hydrogen-bond acceptors (Lipinski definition) is 6. The van der Waals surface area contributed by atoms with Crippen molar-refractivity contribution in [3.8, 4) is 0 Å². The summed E-state index contributed by atoms with van der Waals surface area (Å²) in [7, 11) is 0. The second-order valence-electron chi connectivity index (χ2n) is 7.35. The molecule has 0 aliphatic carbocycles. The first-order valence-corrected chi connectivity index (χ1v) is 10.6. The van der Waals surface area contributed by atoms with Crippen LogP contribution in [-0.4, -0.2) is 28.2 Å². The van der Waals surface area contributed by atoms with Gasteiger partial charge in [0.2, 0.25) is 0 Å². The predicted molar refractivity (Wildman–Crippen MR) is 117 cm³/mol. The molecule has 0 radical (unpaired) electrons. The molecule has 3 heterocycles. The molecule has 0 spiro atoms. The summed E-state index contributed by atoms with van der Waals surface area (Å²) >= 11 is 1.21. The number of carboxylic acids is 1. The first kappa shape index (κ1) is 19.3. The zero-order chi connectivity index (χ0) is 21.7. The number of carbonyl (C=O) groups is 2. The van der Waals surface area contributed by atoms with E-state index in [0.717, 1.165) is 17.5 Å². The number of amides is 1. The molecule has 5 rings (SSSR count). The lowest BCUT2D eigenvalue weighted by molar-refractivity contribution is -0.110. The minimum atomic E-state index is -1.01. The Morgan fingerprint density at radius 3 is 2.84 bits per heavy atom. The fourth-order valence-electron chi connectivity index (χ4n) is 3.82. The Kier molecular flexibility index (Phi) is 4.48. The molecule has 2 aromatic carbocycles. The molecule has 2 aliphatic heterocycles. The van der Waals surface area contributed by atoms with Crippen molar-refractivity contribution in [3.63, 3.8) is 0 Å². The molecule has 2 N–H and O–H groups in total. The van der Waals surface area contributed by atoms with Gasteiger partial charge in [-0.3, -0.25) is 14.2 Å². The van der Waals surface area contributed by atoms with Gasteiger partial charge in [-0.1, -0.05) is 30.4 Å². The Hall–Kier alpha value is -3.72. The molecule has 2 aliphatic rings. The molecule has 1 aromatic heterocycles. The van der Waals surface area contributed by atoms with Crippen LogP contribution in [0.3, 0.4) is 0 Å². The zero-order valence-corrected chi connectivity index (χ0v) is 17.4. The molecule has 0 bridgehead atoms. The number of anilines is 2. The van der Waals surface area contributed by atoms with Crippen LogP contribution in [0.25, 0.3) is 5.57 Å². The maximum atomic E-state index is 13.3. The number of carboxylic acid groups (broad SMARTS) is 1. The van der Waals surface area contributed by atoms with Crippen molar-refractivity contribution < 1.29 is 14.7 Å². The zero-order valence-electron chi connectivity index (χ0n) is 16.6. The van der Waals surface area contributed by atoms with E-state index in [1.54, 1.807) is 18.2 Å².